The lowest BCUT2D eigenvalue weighted by molar-refractivity contribution is -0.163. The second-order valence-corrected chi connectivity index (χ2v) is 12.0. The van der Waals surface area contributed by atoms with Crippen molar-refractivity contribution in [2.24, 2.45) is 5.92 Å². The molecule has 0 aliphatic heterocycles. The zero-order valence-corrected chi connectivity index (χ0v) is 23.7. The third kappa shape index (κ3) is 14.0. The van der Waals surface area contributed by atoms with Crippen LogP contribution in [0.3, 0.4) is 0 Å². The minimum absolute atomic E-state index is 0.00754. The maximum Gasteiger partial charge on any atom is 0.408 e. The van der Waals surface area contributed by atoms with Gasteiger partial charge in [0.05, 0.1) is 12.5 Å². The van der Waals surface area contributed by atoms with Crippen molar-refractivity contribution in [2.75, 3.05) is 6.61 Å². The van der Waals surface area contributed by atoms with E-state index >= 15 is 0 Å². The Kier molecular flexibility index (Phi) is 11.3. The number of esters is 2. The second-order valence-electron chi connectivity index (χ2n) is 12.0. The molecule has 0 spiro atoms. The van der Waals surface area contributed by atoms with Crippen LogP contribution in [0.2, 0.25) is 0 Å². The predicted molar refractivity (Wildman–Crippen MR) is 139 cm³/mol. The molecule has 0 saturated heterocycles. The number of alkyl carbamates (subject to hydrolysis) is 1. The second kappa shape index (κ2) is 13.0. The summed E-state index contributed by atoms with van der Waals surface area (Å²) in [6.45, 7) is 18.1. The van der Waals surface area contributed by atoms with Gasteiger partial charge in [0.25, 0.3) is 0 Å². The van der Waals surface area contributed by atoms with E-state index in [9.17, 15) is 14.4 Å². The summed E-state index contributed by atoms with van der Waals surface area (Å²) in [5, 5.41) is 2.59. The summed E-state index contributed by atoms with van der Waals surface area (Å²) < 4.78 is 22.3. The molecule has 204 valence electrons. The van der Waals surface area contributed by atoms with Crippen LogP contribution in [0.15, 0.2) is 24.3 Å². The Hall–Kier alpha value is -2.77. The first-order valence-corrected chi connectivity index (χ1v) is 12.5. The monoisotopic (exact) mass is 507 g/mol. The number of amides is 1. The summed E-state index contributed by atoms with van der Waals surface area (Å²) in [5.41, 5.74) is -1.08. The smallest absolute Gasteiger partial charge is 0.408 e. The maximum absolute atomic E-state index is 13.1. The SMILES string of the molecule is Cc1ccc(OCCCC(CC(NC(=O)OC(C)(C)C)C(=O)OC(C)(C)C)C(=O)OC(C)(C)C)cc1. The minimum atomic E-state index is -1.09. The molecule has 1 aromatic rings. The molecule has 0 radical (unpaired) electrons. The number of carbonyl (C=O) groups excluding carboxylic acids is 3. The van der Waals surface area contributed by atoms with Gasteiger partial charge in [-0.1, -0.05) is 17.7 Å². The summed E-state index contributed by atoms with van der Waals surface area (Å²) in [6.07, 6.45) is 0.193. The summed E-state index contributed by atoms with van der Waals surface area (Å²) in [4.78, 5) is 38.5. The third-order valence-electron chi connectivity index (χ3n) is 4.63. The van der Waals surface area contributed by atoms with Gasteiger partial charge in [-0.05, 0) is 101 Å². The quantitative estimate of drug-likeness (QED) is 0.245. The van der Waals surface area contributed by atoms with Gasteiger partial charge in [0.1, 0.15) is 28.6 Å². The Balaban J connectivity index is 3.00. The van der Waals surface area contributed by atoms with Gasteiger partial charge in [-0.3, -0.25) is 4.79 Å². The van der Waals surface area contributed by atoms with Crippen molar-refractivity contribution in [1.82, 2.24) is 5.32 Å². The molecule has 0 fully saturated rings. The zero-order chi connectivity index (χ0) is 27.7. The number of hydrogen-bond donors (Lipinski definition) is 1. The summed E-state index contributed by atoms with van der Waals surface area (Å²) in [6, 6.07) is 6.63. The molecule has 0 aromatic heterocycles. The molecule has 2 unspecified atom stereocenters. The van der Waals surface area contributed by atoms with E-state index in [1.165, 1.54) is 0 Å². The molecule has 1 amide bonds. The van der Waals surface area contributed by atoms with E-state index in [4.69, 9.17) is 18.9 Å². The van der Waals surface area contributed by atoms with Gasteiger partial charge in [-0.15, -0.1) is 0 Å². The maximum atomic E-state index is 13.1. The Labute approximate surface area is 216 Å². The lowest BCUT2D eigenvalue weighted by Crippen LogP contribution is -2.47. The summed E-state index contributed by atoms with van der Waals surface area (Å²) in [5.74, 6) is -1.01. The first-order chi connectivity index (χ1) is 16.3. The van der Waals surface area contributed by atoms with E-state index in [0.29, 0.717) is 19.4 Å². The van der Waals surface area contributed by atoms with E-state index in [2.05, 4.69) is 5.32 Å². The highest BCUT2D eigenvalue weighted by Gasteiger charge is 2.34. The summed E-state index contributed by atoms with van der Waals surface area (Å²) >= 11 is 0. The normalized spacial score (nSPS) is 13.8. The largest absolute Gasteiger partial charge is 0.494 e. The zero-order valence-electron chi connectivity index (χ0n) is 23.7. The van der Waals surface area contributed by atoms with Crippen LogP contribution >= 0.6 is 0 Å². The predicted octanol–water partition coefficient (Wildman–Crippen LogP) is 5.74. The number of nitrogens with one attached hydrogen (secondary N) is 1. The van der Waals surface area contributed by atoms with Crippen LogP contribution in [0.1, 0.15) is 87.1 Å². The van der Waals surface area contributed by atoms with E-state index in [0.717, 1.165) is 11.3 Å². The summed E-state index contributed by atoms with van der Waals surface area (Å²) in [7, 11) is 0. The Morgan fingerprint density at radius 1 is 0.778 bits per heavy atom. The number of rotatable bonds is 10. The van der Waals surface area contributed by atoms with Gasteiger partial charge < -0.3 is 24.3 Å². The van der Waals surface area contributed by atoms with Gasteiger partial charge in [0.2, 0.25) is 0 Å². The minimum Gasteiger partial charge on any atom is -0.494 e. The van der Waals surface area contributed by atoms with E-state index in [1.54, 1.807) is 62.3 Å². The van der Waals surface area contributed by atoms with Crippen LogP contribution in [-0.2, 0) is 23.8 Å². The van der Waals surface area contributed by atoms with Gasteiger partial charge in [0.15, 0.2) is 0 Å². The molecule has 1 aromatic carbocycles. The average molecular weight is 508 g/mol. The van der Waals surface area contributed by atoms with Gasteiger partial charge in [-0.2, -0.15) is 0 Å². The molecule has 1 N–H and O–H groups in total. The third-order valence-corrected chi connectivity index (χ3v) is 4.63. The van der Waals surface area contributed by atoms with E-state index < -0.39 is 46.8 Å². The van der Waals surface area contributed by atoms with Crippen molar-refractivity contribution in [1.29, 1.82) is 0 Å². The lowest BCUT2D eigenvalue weighted by atomic mass is 9.94. The molecule has 0 bridgehead atoms. The van der Waals surface area contributed by atoms with Crippen LogP contribution < -0.4 is 10.1 Å². The number of carbonyl (C=O) groups is 3. The first kappa shape index (κ1) is 31.3. The first-order valence-electron chi connectivity index (χ1n) is 12.5. The highest BCUT2D eigenvalue weighted by Crippen LogP contribution is 2.23. The number of hydrogen-bond acceptors (Lipinski definition) is 7. The van der Waals surface area contributed by atoms with E-state index in [-0.39, 0.29) is 6.42 Å². The highest BCUT2D eigenvalue weighted by molar-refractivity contribution is 5.83. The van der Waals surface area contributed by atoms with E-state index in [1.807, 2.05) is 31.2 Å². The average Bonchev–Trinajstić information content (AvgIpc) is 2.66. The molecule has 0 aliphatic carbocycles. The van der Waals surface area contributed by atoms with Crippen molar-refractivity contribution in [3.8, 4) is 5.75 Å². The fourth-order valence-electron chi connectivity index (χ4n) is 3.19. The van der Waals surface area contributed by atoms with Gasteiger partial charge in [-0.25, -0.2) is 9.59 Å². The van der Waals surface area contributed by atoms with Crippen LogP contribution in [0.5, 0.6) is 5.75 Å². The van der Waals surface area contributed by atoms with Crippen LogP contribution in [-0.4, -0.2) is 47.5 Å². The van der Waals surface area contributed by atoms with Crippen molar-refractivity contribution < 1.29 is 33.3 Å². The van der Waals surface area contributed by atoms with Crippen molar-refractivity contribution >= 4 is 18.0 Å². The standard InChI is InChI=1S/C28H45NO7/c1-19-13-15-21(16-14-19)33-17-11-12-20(23(30)34-26(2,3)4)18-22(24(31)35-27(5,6)7)29-25(32)36-28(8,9)10/h13-16,20,22H,11-12,17-18H2,1-10H3,(H,29,32). The molecule has 0 heterocycles. The fourth-order valence-corrected chi connectivity index (χ4v) is 3.19. The van der Waals surface area contributed by atoms with Crippen molar-refractivity contribution in [2.45, 2.75) is 111 Å². The lowest BCUT2D eigenvalue weighted by Gasteiger charge is -2.29. The fraction of sp³-hybridized carbons (Fsp3) is 0.679. The molecule has 8 heteroatoms. The number of benzene rings is 1. The molecular formula is C28H45NO7. The molecule has 36 heavy (non-hydrogen) atoms. The highest BCUT2D eigenvalue weighted by atomic mass is 16.6. The topological polar surface area (TPSA) is 100 Å². The molecule has 0 saturated carbocycles. The Morgan fingerprint density at radius 3 is 1.78 bits per heavy atom. The van der Waals surface area contributed by atoms with Crippen LogP contribution in [0, 0.1) is 12.8 Å². The van der Waals surface area contributed by atoms with Crippen LogP contribution in [0.25, 0.3) is 0 Å². The number of ether oxygens (including phenoxy) is 4. The molecule has 1 rings (SSSR count). The van der Waals surface area contributed by atoms with Crippen molar-refractivity contribution in [3.63, 3.8) is 0 Å². The Bertz CT molecular complexity index is 858. The molecular weight excluding hydrogens is 462 g/mol. The van der Waals surface area contributed by atoms with Gasteiger partial charge >= 0.3 is 18.0 Å². The molecule has 0 aliphatic rings. The Morgan fingerprint density at radius 2 is 1.28 bits per heavy atom. The molecule has 8 nitrogen and oxygen atoms in total. The van der Waals surface area contributed by atoms with Gasteiger partial charge in [0, 0.05) is 0 Å². The van der Waals surface area contributed by atoms with Crippen molar-refractivity contribution in [3.05, 3.63) is 29.8 Å². The van der Waals surface area contributed by atoms with Crippen LogP contribution in [0.4, 0.5) is 4.79 Å². The molecule has 2 atom stereocenters. The number of aryl methyl sites for hydroxylation is 1.